The van der Waals surface area contributed by atoms with Crippen molar-refractivity contribution in [3.63, 3.8) is 0 Å². The Bertz CT molecular complexity index is 533. The maximum atomic E-state index is 13.2. The number of Topliss-reactive ketones (excluding diaryl/α,β-unsaturated/α-hetero) is 1. The van der Waals surface area contributed by atoms with Gasteiger partial charge in [0.2, 0.25) is 5.91 Å². The summed E-state index contributed by atoms with van der Waals surface area (Å²) in [6, 6.07) is -0.671. The second-order valence-corrected chi connectivity index (χ2v) is 8.79. The number of unbranched alkanes of at least 4 members (excludes halogenated alkanes) is 5. The van der Waals surface area contributed by atoms with Crippen LogP contribution in [-0.2, 0) is 14.3 Å². The largest absolute Gasteiger partial charge is 0.444 e. The molecular formula is C21H39N3O5. The fourth-order valence-corrected chi connectivity index (χ4v) is 3.56. The van der Waals surface area contributed by atoms with Crippen molar-refractivity contribution < 1.29 is 24.3 Å². The molecule has 0 aromatic carbocycles. The number of ketones is 1. The van der Waals surface area contributed by atoms with Crippen molar-refractivity contribution in [1.82, 2.24) is 15.7 Å². The molecule has 1 aliphatic heterocycles. The van der Waals surface area contributed by atoms with Gasteiger partial charge in [-0.15, -0.1) is 0 Å². The van der Waals surface area contributed by atoms with Gasteiger partial charge in [-0.1, -0.05) is 45.4 Å². The molecule has 2 amide bonds. The second kappa shape index (κ2) is 12.8. The quantitative estimate of drug-likeness (QED) is 0.273. The average Bonchev–Trinajstić information content (AvgIpc) is 2.67. The highest BCUT2D eigenvalue weighted by Gasteiger charge is 2.38. The zero-order chi connectivity index (χ0) is 21.9. The third-order valence-corrected chi connectivity index (χ3v) is 5.06. The van der Waals surface area contributed by atoms with E-state index < -0.39 is 29.6 Å². The summed E-state index contributed by atoms with van der Waals surface area (Å²) in [4.78, 5) is 39.1. The topological polar surface area (TPSA) is 108 Å². The van der Waals surface area contributed by atoms with E-state index in [2.05, 4.69) is 12.2 Å². The van der Waals surface area contributed by atoms with E-state index in [0.29, 0.717) is 26.1 Å². The lowest BCUT2D eigenvalue weighted by Gasteiger charge is -2.37. The first-order valence-electron chi connectivity index (χ1n) is 10.9. The maximum Gasteiger partial charge on any atom is 0.410 e. The van der Waals surface area contributed by atoms with Gasteiger partial charge in [-0.25, -0.2) is 10.3 Å². The third-order valence-electron chi connectivity index (χ3n) is 5.06. The molecule has 0 unspecified atom stereocenters. The van der Waals surface area contributed by atoms with Gasteiger partial charge >= 0.3 is 6.09 Å². The van der Waals surface area contributed by atoms with Crippen LogP contribution in [0.3, 0.4) is 0 Å². The van der Waals surface area contributed by atoms with Crippen LogP contribution in [0.25, 0.3) is 0 Å². The van der Waals surface area contributed by atoms with Crippen LogP contribution in [0.15, 0.2) is 0 Å². The lowest BCUT2D eigenvalue weighted by atomic mass is 9.88. The lowest BCUT2D eigenvalue weighted by molar-refractivity contribution is -0.136. The Labute approximate surface area is 174 Å². The number of hydrogen-bond donors (Lipinski definition) is 3. The molecule has 0 bridgehead atoms. The van der Waals surface area contributed by atoms with Crippen molar-refractivity contribution in [3.05, 3.63) is 0 Å². The molecule has 3 N–H and O–H groups in total. The number of piperazine rings is 1. The number of hydroxylamine groups is 1. The SMILES string of the molecule is CCCCCCCC[C@H](CC(=O)NO)C(=O)[C@@H]1CNCCN1C(=O)OC(C)(C)C. The first-order valence-corrected chi connectivity index (χ1v) is 10.9. The van der Waals surface area contributed by atoms with E-state index in [1.807, 2.05) is 0 Å². The van der Waals surface area contributed by atoms with E-state index in [9.17, 15) is 14.4 Å². The fraction of sp³-hybridized carbons (Fsp3) is 0.857. The van der Waals surface area contributed by atoms with Gasteiger partial charge in [-0.2, -0.15) is 0 Å². The number of ether oxygens (including phenoxy) is 1. The molecule has 0 spiro atoms. The minimum atomic E-state index is -0.671. The number of rotatable bonds is 11. The maximum absolute atomic E-state index is 13.2. The smallest absolute Gasteiger partial charge is 0.410 e. The van der Waals surface area contributed by atoms with E-state index >= 15 is 0 Å². The third kappa shape index (κ3) is 9.58. The van der Waals surface area contributed by atoms with Gasteiger partial charge in [0.05, 0.1) is 0 Å². The van der Waals surface area contributed by atoms with Crippen LogP contribution in [0, 0.1) is 5.92 Å². The van der Waals surface area contributed by atoms with Crippen LogP contribution in [0.2, 0.25) is 0 Å². The number of nitrogens with one attached hydrogen (secondary N) is 2. The van der Waals surface area contributed by atoms with Crippen LogP contribution in [0.5, 0.6) is 0 Å². The van der Waals surface area contributed by atoms with E-state index in [1.54, 1.807) is 26.3 Å². The lowest BCUT2D eigenvalue weighted by Crippen LogP contribution is -2.59. The van der Waals surface area contributed by atoms with E-state index in [4.69, 9.17) is 9.94 Å². The molecule has 0 radical (unpaired) electrons. The summed E-state index contributed by atoms with van der Waals surface area (Å²) in [6.45, 7) is 8.83. The highest BCUT2D eigenvalue weighted by molar-refractivity contribution is 5.92. The van der Waals surface area contributed by atoms with Crippen molar-refractivity contribution in [1.29, 1.82) is 0 Å². The van der Waals surface area contributed by atoms with Crippen molar-refractivity contribution in [2.45, 2.75) is 90.7 Å². The Hall–Kier alpha value is -1.67. The molecule has 1 rings (SSSR count). The predicted molar refractivity (Wildman–Crippen MR) is 111 cm³/mol. The predicted octanol–water partition coefficient (Wildman–Crippen LogP) is 3.03. The molecule has 1 fully saturated rings. The van der Waals surface area contributed by atoms with E-state index in [0.717, 1.165) is 19.3 Å². The molecule has 2 atom stereocenters. The zero-order valence-corrected chi connectivity index (χ0v) is 18.5. The highest BCUT2D eigenvalue weighted by atomic mass is 16.6. The number of carbonyl (C=O) groups excluding carboxylic acids is 3. The molecule has 8 heteroatoms. The Morgan fingerprint density at radius 3 is 2.45 bits per heavy atom. The van der Waals surface area contributed by atoms with Crippen LogP contribution in [-0.4, -0.2) is 59.2 Å². The minimum Gasteiger partial charge on any atom is -0.444 e. The Kier molecular flexibility index (Phi) is 11.2. The summed E-state index contributed by atoms with van der Waals surface area (Å²) in [5.74, 6) is -1.27. The van der Waals surface area contributed by atoms with Crippen molar-refractivity contribution in [2.24, 2.45) is 5.92 Å². The van der Waals surface area contributed by atoms with Gasteiger partial charge in [0.15, 0.2) is 5.78 Å². The van der Waals surface area contributed by atoms with Gasteiger partial charge < -0.3 is 10.1 Å². The Morgan fingerprint density at radius 2 is 1.83 bits per heavy atom. The molecule has 0 aromatic rings. The van der Waals surface area contributed by atoms with Gasteiger partial charge in [-0.05, 0) is 27.2 Å². The highest BCUT2D eigenvalue weighted by Crippen LogP contribution is 2.22. The van der Waals surface area contributed by atoms with E-state index in [-0.39, 0.29) is 12.2 Å². The summed E-state index contributed by atoms with van der Waals surface area (Å²) in [5, 5.41) is 12.1. The fourth-order valence-electron chi connectivity index (χ4n) is 3.56. The van der Waals surface area contributed by atoms with Crippen molar-refractivity contribution >= 4 is 17.8 Å². The summed E-state index contributed by atoms with van der Waals surface area (Å²) in [5.41, 5.74) is 0.976. The summed E-state index contributed by atoms with van der Waals surface area (Å²) >= 11 is 0. The molecule has 0 saturated carbocycles. The van der Waals surface area contributed by atoms with Gasteiger partial charge in [0.1, 0.15) is 11.6 Å². The van der Waals surface area contributed by atoms with E-state index in [1.165, 1.54) is 24.2 Å². The molecular weight excluding hydrogens is 374 g/mol. The monoisotopic (exact) mass is 413 g/mol. The normalized spacial score (nSPS) is 18.2. The molecule has 1 saturated heterocycles. The average molecular weight is 414 g/mol. The molecule has 1 aliphatic rings. The number of amides is 2. The summed E-state index contributed by atoms with van der Waals surface area (Å²) in [7, 11) is 0. The number of nitrogens with zero attached hydrogens (tertiary/aromatic N) is 1. The zero-order valence-electron chi connectivity index (χ0n) is 18.5. The standard InChI is InChI=1S/C21H39N3O5/c1-5-6-7-8-9-10-11-16(14-18(25)23-28)19(26)17-15-22-12-13-24(17)20(27)29-21(2,3)4/h16-17,22,28H,5-15H2,1-4H3,(H,23,25)/t16-,17+/m1/s1. The molecule has 1 heterocycles. The van der Waals surface area contributed by atoms with Crippen LogP contribution >= 0.6 is 0 Å². The molecule has 0 aromatic heterocycles. The van der Waals surface area contributed by atoms with Gasteiger partial charge in [0.25, 0.3) is 0 Å². The molecule has 168 valence electrons. The minimum absolute atomic E-state index is 0.0804. The first kappa shape index (κ1) is 25.4. The van der Waals surface area contributed by atoms with Gasteiger partial charge in [0, 0.05) is 32.0 Å². The van der Waals surface area contributed by atoms with Crippen molar-refractivity contribution in [2.75, 3.05) is 19.6 Å². The summed E-state index contributed by atoms with van der Waals surface area (Å²) in [6.07, 6.45) is 6.47. The van der Waals surface area contributed by atoms with Crippen LogP contribution in [0.4, 0.5) is 4.79 Å². The van der Waals surface area contributed by atoms with Crippen molar-refractivity contribution in [3.8, 4) is 0 Å². The number of carbonyl (C=O) groups is 3. The molecule has 8 nitrogen and oxygen atoms in total. The summed E-state index contributed by atoms with van der Waals surface area (Å²) < 4.78 is 5.46. The van der Waals surface area contributed by atoms with Crippen LogP contribution < -0.4 is 10.8 Å². The second-order valence-electron chi connectivity index (χ2n) is 8.79. The Morgan fingerprint density at radius 1 is 1.17 bits per heavy atom. The first-order chi connectivity index (χ1) is 13.7. The van der Waals surface area contributed by atoms with Crippen LogP contribution in [0.1, 0.15) is 79.1 Å². The molecule has 29 heavy (non-hydrogen) atoms. The number of hydrogen-bond acceptors (Lipinski definition) is 6. The van der Waals surface area contributed by atoms with Gasteiger partial charge in [-0.3, -0.25) is 19.7 Å². The molecule has 0 aliphatic carbocycles. The Balaban J connectivity index is 2.78.